The molecule has 2 atom stereocenters. The standard InChI is InChI=1S/C17H23Cl2NO2/c1-3-17(21)20(2)11-16-13(6-4-5-9-22-16)12-7-8-14(18)15(19)10-12/h7-8,10,13,16H,3-6,9,11H2,1-2H3/t13-,16+/m0/s1. The van der Waals surface area contributed by atoms with Crippen LogP contribution < -0.4 is 0 Å². The van der Waals surface area contributed by atoms with Gasteiger partial charge in [0.05, 0.1) is 16.1 Å². The lowest BCUT2D eigenvalue weighted by Gasteiger charge is -2.29. The van der Waals surface area contributed by atoms with E-state index in [9.17, 15) is 4.79 Å². The summed E-state index contributed by atoms with van der Waals surface area (Å²) in [5.41, 5.74) is 1.14. The summed E-state index contributed by atoms with van der Waals surface area (Å²) >= 11 is 12.2. The summed E-state index contributed by atoms with van der Waals surface area (Å²) in [6.45, 7) is 3.23. The minimum atomic E-state index is 0.000224. The zero-order valence-corrected chi connectivity index (χ0v) is 14.7. The minimum absolute atomic E-state index is 0.000224. The number of benzene rings is 1. The van der Waals surface area contributed by atoms with Gasteiger partial charge in [-0.05, 0) is 30.5 Å². The number of ether oxygens (including phenoxy) is 1. The normalized spacial score (nSPS) is 22.2. The number of likely N-dealkylation sites (N-methyl/N-ethyl adjacent to an activating group) is 1. The molecule has 1 saturated heterocycles. The lowest BCUT2D eigenvalue weighted by atomic mass is 9.89. The Morgan fingerprint density at radius 1 is 1.32 bits per heavy atom. The molecule has 0 spiro atoms. The van der Waals surface area contributed by atoms with E-state index in [1.165, 1.54) is 0 Å². The van der Waals surface area contributed by atoms with Crippen molar-refractivity contribution < 1.29 is 9.53 Å². The van der Waals surface area contributed by atoms with E-state index in [2.05, 4.69) is 0 Å². The van der Waals surface area contributed by atoms with E-state index in [-0.39, 0.29) is 17.9 Å². The van der Waals surface area contributed by atoms with E-state index in [0.717, 1.165) is 31.4 Å². The van der Waals surface area contributed by atoms with Gasteiger partial charge >= 0.3 is 0 Å². The van der Waals surface area contributed by atoms with Gasteiger partial charge in [0.2, 0.25) is 5.91 Å². The number of carbonyl (C=O) groups excluding carboxylic acids is 1. The molecular weight excluding hydrogens is 321 g/mol. The van der Waals surface area contributed by atoms with Gasteiger partial charge in [0, 0.05) is 32.5 Å². The molecule has 0 radical (unpaired) electrons. The molecule has 1 aliphatic heterocycles. The topological polar surface area (TPSA) is 29.5 Å². The van der Waals surface area contributed by atoms with Gasteiger partial charge in [-0.25, -0.2) is 0 Å². The van der Waals surface area contributed by atoms with Crippen LogP contribution in [-0.4, -0.2) is 37.1 Å². The molecule has 122 valence electrons. The van der Waals surface area contributed by atoms with Crippen molar-refractivity contribution in [1.29, 1.82) is 0 Å². The van der Waals surface area contributed by atoms with Gasteiger partial charge in [-0.3, -0.25) is 4.79 Å². The highest BCUT2D eigenvalue weighted by atomic mass is 35.5. The average Bonchev–Trinajstić information content (AvgIpc) is 2.74. The second-order valence-corrected chi connectivity index (χ2v) is 6.63. The zero-order chi connectivity index (χ0) is 16.1. The molecule has 0 aliphatic carbocycles. The molecule has 5 heteroatoms. The second-order valence-electron chi connectivity index (χ2n) is 5.81. The molecule has 0 unspecified atom stereocenters. The first-order valence-electron chi connectivity index (χ1n) is 7.83. The van der Waals surface area contributed by atoms with Crippen LogP contribution in [0.3, 0.4) is 0 Å². The number of nitrogens with zero attached hydrogens (tertiary/aromatic N) is 1. The Kier molecular flexibility index (Phi) is 6.54. The molecule has 1 amide bonds. The van der Waals surface area contributed by atoms with Crippen molar-refractivity contribution in [3.05, 3.63) is 33.8 Å². The molecule has 1 aliphatic rings. The maximum atomic E-state index is 11.8. The first-order chi connectivity index (χ1) is 10.5. The zero-order valence-electron chi connectivity index (χ0n) is 13.1. The van der Waals surface area contributed by atoms with Crippen molar-refractivity contribution in [1.82, 2.24) is 4.90 Å². The van der Waals surface area contributed by atoms with Crippen molar-refractivity contribution >= 4 is 29.1 Å². The second kappa shape index (κ2) is 8.19. The van der Waals surface area contributed by atoms with E-state index in [1.54, 1.807) is 4.90 Å². The Morgan fingerprint density at radius 2 is 2.09 bits per heavy atom. The molecule has 0 N–H and O–H groups in total. The smallest absolute Gasteiger partial charge is 0.222 e. The maximum Gasteiger partial charge on any atom is 0.222 e. The van der Waals surface area contributed by atoms with Crippen LogP contribution in [0.25, 0.3) is 0 Å². The van der Waals surface area contributed by atoms with Crippen molar-refractivity contribution in [3.63, 3.8) is 0 Å². The van der Waals surface area contributed by atoms with Crippen LogP contribution in [0.2, 0.25) is 10.0 Å². The van der Waals surface area contributed by atoms with Gasteiger partial charge in [0.15, 0.2) is 0 Å². The van der Waals surface area contributed by atoms with Crippen molar-refractivity contribution in [2.75, 3.05) is 20.2 Å². The Balaban J connectivity index is 2.19. The lowest BCUT2D eigenvalue weighted by molar-refractivity contribution is -0.131. The van der Waals surface area contributed by atoms with Crippen molar-refractivity contribution in [2.45, 2.75) is 44.6 Å². The highest BCUT2D eigenvalue weighted by Gasteiger charge is 2.28. The van der Waals surface area contributed by atoms with Gasteiger partial charge in [-0.2, -0.15) is 0 Å². The molecular formula is C17H23Cl2NO2. The van der Waals surface area contributed by atoms with Crippen LogP contribution in [0.4, 0.5) is 0 Å². The fraction of sp³-hybridized carbons (Fsp3) is 0.588. The Morgan fingerprint density at radius 3 is 2.77 bits per heavy atom. The summed E-state index contributed by atoms with van der Waals surface area (Å²) in [7, 11) is 1.84. The Bertz CT molecular complexity index is 521. The largest absolute Gasteiger partial charge is 0.376 e. The average molecular weight is 344 g/mol. The molecule has 1 aromatic rings. The summed E-state index contributed by atoms with van der Waals surface area (Å²) in [4.78, 5) is 13.6. The molecule has 1 aromatic carbocycles. The van der Waals surface area contributed by atoms with Crippen molar-refractivity contribution in [3.8, 4) is 0 Å². The minimum Gasteiger partial charge on any atom is -0.376 e. The Hall–Kier alpha value is -0.770. The summed E-state index contributed by atoms with van der Waals surface area (Å²) in [6.07, 6.45) is 3.73. The third-order valence-corrected chi connectivity index (χ3v) is 4.98. The quantitative estimate of drug-likeness (QED) is 0.804. The summed E-state index contributed by atoms with van der Waals surface area (Å²) in [6, 6.07) is 5.78. The predicted molar refractivity (Wildman–Crippen MR) is 90.7 cm³/mol. The summed E-state index contributed by atoms with van der Waals surface area (Å²) in [5, 5.41) is 1.13. The number of rotatable bonds is 4. The molecule has 0 aromatic heterocycles. The molecule has 22 heavy (non-hydrogen) atoms. The van der Waals surface area contributed by atoms with E-state index in [4.69, 9.17) is 27.9 Å². The molecule has 3 nitrogen and oxygen atoms in total. The van der Waals surface area contributed by atoms with E-state index < -0.39 is 0 Å². The monoisotopic (exact) mass is 343 g/mol. The summed E-state index contributed by atoms with van der Waals surface area (Å²) < 4.78 is 6.04. The van der Waals surface area contributed by atoms with Crippen LogP contribution in [0.5, 0.6) is 0 Å². The van der Waals surface area contributed by atoms with Crippen LogP contribution in [0.15, 0.2) is 18.2 Å². The van der Waals surface area contributed by atoms with E-state index in [1.807, 2.05) is 32.2 Å². The predicted octanol–water partition coefficient (Wildman–Crippen LogP) is 4.51. The number of hydrogen-bond donors (Lipinski definition) is 0. The number of carbonyl (C=O) groups is 1. The van der Waals surface area contributed by atoms with Gasteiger partial charge in [0.1, 0.15) is 0 Å². The number of hydrogen-bond acceptors (Lipinski definition) is 2. The lowest BCUT2D eigenvalue weighted by Crippen LogP contribution is -2.38. The highest BCUT2D eigenvalue weighted by molar-refractivity contribution is 6.42. The van der Waals surface area contributed by atoms with Crippen LogP contribution in [0, 0.1) is 0 Å². The van der Waals surface area contributed by atoms with Gasteiger partial charge in [0.25, 0.3) is 0 Å². The fourth-order valence-electron chi connectivity index (χ4n) is 2.95. The molecule has 0 bridgehead atoms. The first kappa shape index (κ1) is 17.6. The highest BCUT2D eigenvalue weighted by Crippen LogP contribution is 2.34. The van der Waals surface area contributed by atoms with E-state index >= 15 is 0 Å². The van der Waals surface area contributed by atoms with Gasteiger partial charge in [-0.15, -0.1) is 0 Å². The van der Waals surface area contributed by atoms with Gasteiger partial charge < -0.3 is 9.64 Å². The Labute approximate surface area is 142 Å². The van der Waals surface area contributed by atoms with Crippen LogP contribution in [0.1, 0.15) is 44.1 Å². The first-order valence-corrected chi connectivity index (χ1v) is 8.59. The SMILES string of the molecule is CCC(=O)N(C)C[C@H]1OCCCC[C@H]1c1ccc(Cl)c(Cl)c1. The molecule has 1 fully saturated rings. The van der Waals surface area contributed by atoms with Crippen LogP contribution in [-0.2, 0) is 9.53 Å². The fourth-order valence-corrected chi connectivity index (χ4v) is 3.26. The third kappa shape index (κ3) is 4.37. The number of halogens is 2. The van der Waals surface area contributed by atoms with Gasteiger partial charge in [-0.1, -0.05) is 42.6 Å². The summed E-state index contributed by atoms with van der Waals surface area (Å²) in [5.74, 6) is 0.380. The van der Waals surface area contributed by atoms with Crippen molar-refractivity contribution in [2.24, 2.45) is 0 Å². The molecule has 0 saturated carbocycles. The molecule has 1 heterocycles. The maximum absolute atomic E-state index is 11.8. The third-order valence-electron chi connectivity index (χ3n) is 4.24. The van der Waals surface area contributed by atoms with E-state index in [0.29, 0.717) is 23.0 Å². The van der Waals surface area contributed by atoms with Crippen LogP contribution >= 0.6 is 23.2 Å². The molecule has 2 rings (SSSR count). The number of amides is 1.